The van der Waals surface area contributed by atoms with Crippen molar-refractivity contribution in [2.75, 3.05) is 0 Å². The molecule has 0 unspecified atom stereocenters. The number of halogens is 1. The predicted molar refractivity (Wildman–Crippen MR) is 44.9 cm³/mol. The van der Waals surface area contributed by atoms with Crippen LogP contribution in [0.1, 0.15) is 5.69 Å². The molecular weight excluding hydrogens is 160 g/mol. The zero-order valence-corrected chi connectivity index (χ0v) is 6.84. The minimum absolute atomic E-state index is 0.725. The van der Waals surface area contributed by atoms with Gasteiger partial charge in [-0.25, -0.2) is 4.98 Å². The molecular formula is C8H7ClN2. The quantitative estimate of drug-likeness (QED) is 0.587. The third kappa shape index (κ3) is 0.994. The first-order valence-corrected chi connectivity index (χ1v) is 3.74. The molecule has 0 amide bonds. The number of aryl methyl sites for hydroxylation is 1. The average molecular weight is 167 g/mol. The molecule has 0 aromatic carbocycles. The maximum absolute atomic E-state index is 5.77. The van der Waals surface area contributed by atoms with Crippen molar-refractivity contribution in [2.24, 2.45) is 0 Å². The topological polar surface area (TPSA) is 17.3 Å². The lowest BCUT2D eigenvalue weighted by Gasteiger charge is -1.94. The van der Waals surface area contributed by atoms with Gasteiger partial charge in [0.2, 0.25) is 0 Å². The van der Waals surface area contributed by atoms with Gasteiger partial charge in [-0.3, -0.25) is 0 Å². The third-order valence-electron chi connectivity index (χ3n) is 1.66. The number of nitrogens with zero attached hydrogens (tertiary/aromatic N) is 2. The molecule has 0 fully saturated rings. The second kappa shape index (κ2) is 2.24. The molecule has 0 N–H and O–H groups in total. The van der Waals surface area contributed by atoms with Gasteiger partial charge in [0.05, 0.1) is 0 Å². The highest BCUT2D eigenvalue weighted by atomic mass is 35.5. The van der Waals surface area contributed by atoms with Crippen molar-refractivity contribution in [3.63, 3.8) is 0 Å². The first-order valence-electron chi connectivity index (χ1n) is 3.36. The van der Waals surface area contributed by atoms with Gasteiger partial charge in [-0.2, -0.15) is 0 Å². The Morgan fingerprint density at radius 1 is 1.55 bits per heavy atom. The number of rotatable bonds is 0. The van der Waals surface area contributed by atoms with Gasteiger partial charge >= 0.3 is 0 Å². The molecule has 0 atom stereocenters. The van der Waals surface area contributed by atoms with Gasteiger partial charge < -0.3 is 4.40 Å². The van der Waals surface area contributed by atoms with Gasteiger partial charge in [0.1, 0.15) is 5.65 Å². The largest absolute Gasteiger partial charge is 0.304 e. The van der Waals surface area contributed by atoms with Gasteiger partial charge in [-0.05, 0) is 19.1 Å². The summed E-state index contributed by atoms with van der Waals surface area (Å²) in [6.07, 6.45) is 3.74. The van der Waals surface area contributed by atoms with E-state index in [4.69, 9.17) is 11.6 Å². The van der Waals surface area contributed by atoms with Crippen LogP contribution in [0.2, 0.25) is 5.02 Å². The van der Waals surface area contributed by atoms with E-state index in [1.165, 1.54) is 0 Å². The summed E-state index contributed by atoms with van der Waals surface area (Å²) in [6.45, 7) is 2.01. The Bertz CT molecular complexity index is 392. The van der Waals surface area contributed by atoms with Crippen LogP contribution in [0.3, 0.4) is 0 Å². The Balaban J connectivity index is 2.86. The summed E-state index contributed by atoms with van der Waals surface area (Å²) < 4.78 is 1.99. The number of aromatic nitrogens is 2. The van der Waals surface area contributed by atoms with E-state index in [-0.39, 0.29) is 0 Å². The van der Waals surface area contributed by atoms with Crippen molar-refractivity contribution in [3.8, 4) is 0 Å². The Labute approximate surface area is 69.4 Å². The normalized spacial score (nSPS) is 10.7. The van der Waals surface area contributed by atoms with E-state index in [1.807, 2.05) is 35.9 Å². The lowest BCUT2D eigenvalue weighted by molar-refractivity contribution is 1.11. The maximum atomic E-state index is 5.77. The van der Waals surface area contributed by atoms with E-state index in [0.717, 1.165) is 16.4 Å². The molecule has 2 aromatic heterocycles. The standard InChI is InChI=1S/C8H7ClN2/c1-6-5-10-8-4-7(9)2-3-11(6)8/h2-5H,1H3. The lowest BCUT2D eigenvalue weighted by Crippen LogP contribution is -1.84. The zero-order chi connectivity index (χ0) is 7.84. The molecule has 0 aliphatic carbocycles. The fourth-order valence-electron chi connectivity index (χ4n) is 1.08. The molecule has 11 heavy (non-hydrogen) atoms. The summed E-state index contributed by atoms with van der Waals surface area (Å²) in [5, 5.41) is 0.725. The number of hydrogen-bond donors (Lipinski definition) is 0. The summed E-state index contributed by atoms with van der Waals surface area (Å²) in [4.78, 5) is 4.16. The molecule has 3 heteroatoms. The predicted octanol–water partition coefficient (Wildman–Crippen LogP) is 2.30. The second-order valence-corrected chi connectivity index (χ2v) is 2.91. The number of pyridine rings is 1. The molecule has 2 aromatic rings. The summed E-state index contributed by atoms with van der Waals surface area (Å²) >= 11 is 5.77. The van der Waals surface area contributed by atoms with Crippen molar-refractivity contribution in [3.05, 3.63) is 35.2 Å². The molecule has 0 aliphatic heterocycles. The van der Waals surface area contributed by atoms with Crippen LogP contribution in [0, 0.1) is 6.92 Å². The van der Waals surface area contributed by atoms with Crippen LogP contribution >= 0.6 is 11.6 Å². The van der Waals surface area contributed by atoms with E-state index in [0.29, 0.717) is 0 Å². The van der Waals surface area contributed by atoms with Gasteiger partial charge in [0.15, 0.2) is 0 Å². The molecule has 56 valence electrons. The van der Waals surface area contributed by atoms with Crippen LogP contribution in [0.15, 0.2) is 24.5 Å². The molecule has 2 nitrogen and oxygen atoms in total. The van der Waals surface area contributed by atoms with Gasteiger partial charge in [0, 0.05) is 23.1 Å². The molecule has 0 spiro atoms. The van der Waals surface area contributed by atoms with Crippen molar-refractivity contribution < 1.29 is 0 Å². The SMILES string of the molecule is Cc1cnc2cc(Cl)ccn12. The van der Waals surface area contributed by atoms with Crippen molar-refractivity contribution in [1.82, 2.24) is 9.38 Å². The van der Waals surface area contributed by atoms with E-state index >= 15 is 0 Å². The highest BCUT2D eigenvalue weighted by Crippen LogP contribution is 2.12. The summed E-state index contributed by atoms with van der Waals surface area (Å²) in [6, 6.07) is 3.69. The molecule has 0 saturated heterocycles. The molecule has 2 heterocycles. The number of hydrogen-bond acceptors (Lipinski definition) is 1. The van der Waals surface area contributed by atoms with Gasteiger partial charge in [0.25, 0.3) is 0 Å². The van der Waals surface area contributed by atoms with E-state index in [2.05, 4.69) is 4.98 Å². The Hall–Kier alpha value is -1.02. The van der Waals surface area contributed by atoms with Crippen LogP contribution in [-0.4, -0.2) is 9.38 Å². The molecule has 0 bridgehead atoms. The van der Waals surface area contributed by atoms with Gasteiger partial charge in [-0.1, -0.05) is 11.6 Å². The van der Waals surface area contributed by atoms with Gasteiger partial charge in [-0.15, -0.1) is 0 Å². The van der Waals surface area contributed by atoms with Crippen LogP contribution in [0.5, 0.6) is 0 Å². The summed E-state index contributed by atoms with van der Waals surface area (Å²) in [5.74, 6) is 0. The number of fused-ring (bicyclic) bond motifs is 1. The molecule has 0 aliphatic rings. The Morgan fingerprint density at radius 2 is 2.36 bits per heavy atom. The summed E-state index contributed by atoms with van der Waals surface area (Å²) in [5.41, 5.74) is 2.02. The van der Waals surface area contributed by atoms with Crippen LogP contribution < -0.4 is 0 Å². The second-order valence-electron chi connectivity index (χ2n) is 2.47. The Morgan fingerprint density at radius 3 is 3.18 bits per heavy atom. The lowest BCUT2D eigenvalue weighted by atomic mass is 10.4. The maximum Gasteiger partial charge on any atom is 0.138 e. The Kier molecular flexibility index (Phi) is 1.36. The average Bonchev–Trinajstić information content (AvgIpc) is 2.32. The minimum Gasteiger partial charge on any atom is -0.304 e. The van der Waals surface area contributed by atoms with Crippen molar-refractivity contribution in [2.45, 2.75) is 6.92 Å². The highest BCUT2D eigenvalue weighted by molar-refractivity contribution is 6.30. The zero-order valence-electron chi connectivity index (χ0n) is 6.08. The third-order valence-corrected chi connectivity index (χ3v) is 1.90. The van der Waals surface area contributed by atoms with Crippen LogP contribution in [0.4, 0.5) is 0 Å². The fraction of sp³-hybridized carbons (Fsp3) is 0.125. The monoisotopic (exact) mass is 166 g/mol. The van der Waals surface area contributed by atoms with Crippen LogP contribution in [0.25, 0.3) is 5.65 Å². The first-order chi connectivity index (χ1) is 5.27. The van der Waals surface area contributed by atoms with Crippen LogP contribution in [-0.2, 0) is 0 Å². The van der Waals surface area contributed by atoms with Crippen molar-refractivity contribution in [1.29, 1.82) is 0 Å². The molecule has 2 rings (SSSR count). The summed E-state index contributed by atoms with van der Waals surface area (Å²) in [7, 11) is 0. The minimum atomic E-state index is 0.725. The highest BCUT2D eigenvalue weighted by Gasteiger charge is 1.97. The van der Waals surface area contributed by atoms with E-state index in [1.54, 1.807) is 0 Å². The van der Waals surface area contributed by atoms with Crippen molar-refractivity contribution >= 4 is 17.2 Å². The molecule has 0 saturated carbocycles. The molecule has 0 radical (unpaired) electrons. The first kappa shape index (κ1) is 6.68. The smallest absolute Gasteiger partial charge is 0.138 e. The van der Waals surface area contributed by atoms with E-state index < -0.39 is 0 Å². The van der Waals surface area contributed by atoms with E-state index in [9.17, 15) is 0 Å². The number of imidazole rings is 1. The fourth-order valence-corrected chi connectivity index (χ4v) is 1.24.